The van der Waals surface area contributed by atoms with Gasteiger partial charge in [0.2, 0.25) is 0 Å². The summed E-state index contributed by atoms with van der Waals surface area (Å²) in [5, 5.41) is 15.9. The Bertz CT molecular complexity index is 916. The van der Waals surface area contributed by atoms with Crippen molar-refractivity contribution in [2.75, 3.05) is 18.5 Å². The summed E-state index contributed by atoms with van der Waals surface area (Å²) in [7, 11) is 0. The molecule has 0 aliphatic carbocycles. The van der Waals surface area contributed by atoms with Crippen molar-refractivity contribution in [3.05, 3.63) is 51.5 Å². The first-order chi connectivity index (χ1) is 12.1. The van der Waals surface area contributed by atoms with Crippen molar-refractivity contribution in [1.82, 2.24) is 10.3 Å². The molecule has 0 radical (unpaired) electrons. The van der Waals surface area contributed by atoms with E-state index in [0.717, 1.165) is 3.57 Å². The summed E-state index contributed by atoms with van der Waals surface area (Å²) in [6.07, 6.45) is 2.13. The average molecular weight is 471 g/mol. The summed E-state index contributed by atoms with van der Waals surface area (Å²) in [4.78, 5) is 17.6. The molecule has 25 heavy (non-hydrogen) atoms. The van der Waals surface area contributed by atoms with E-state index in [2.05, 4.69) is 15.6 Å². The molecule has 1 aromatic carbocycles. The van der Waals surface area contributed by atoms with Crippen molar-refractivity contribution in [2.45, 2.75) is 6.42 Å². The molecule has 0 aliphatic rings. The molecule has 5 nitrogen and oxygen atoms in total. The third-order valence-corrected chi connectivity index (χ3v) is 5.19. The van der Waals surface area contributed by atoms with Crippen LogP contribution >= 0.6 is 33.9 Å². The molecule has 0 atom stereocenters. The highest BCUT2D eigenvalue weighted by atomic mass is 127. The zero-order chi connectivity index (χ0) is 17.8. The van der Waals surface area contributed by atoms with Gasteiger partial charge in [0.05, 0.1) is 11.3 Å². The number of benzene rings is 1. The number of hydrogen-bond acceptors (Lipinski definition) is 5. The zero-order valence-corrected chi connectivity index (χ0v) is 16.0. The van der Waals surface area contributed by atoms with E-state index in [1.165, 1.54) is 17.4 Å². The third kappa shape index (κ3) is 4.07. The van der Waals surface area contributed by atoms with Crippen molar-refractivity contribution < 1.29 is 14.3 Å². The second-order valence-electron chi connectivity index (χ2n) is 5.24. The highest BCUT2D eigenvalue weighted by molar-refractivity contribution is 14.1. The molecule has 3 aromatic rings. The first-order valence-corrected chi connectivity index (χ1v) is 9.48. The molecule has 0 saturated heterocycles. The van der Waals surface area contributed by atoms with Gasteiger partial charge in [0, 0.05) is 28.3 Å². The molecule has 3 N–H and O–H groups in total. The molecule has 130 valence electrons. The second kappa shape index (κ2) is 8.07. The topological polar surface area (TPSA) is 74.2 Å². The van der Waals surface area contributed by atoms with E-state index < -0.39 is 0 Å². The minimum Gasteiger partial charge on any atom is -0.396 e. The molecule has 0 aliphatic heterocycles. The van der Waals surface area contributed by atoms with Gasteiger partial charge in [-0.15, -0.1) is 0 Å². The standard InChI is InChI=1S/C17H15FIN3O2S/c18-12-9-10(19)4-5-13(12)22-17-14(15(24)20-7-2-8-23)11-3-1-6-21-16(11)25-17/h1,3-6,9,22-23H,2,7-8H2,(H,20,24). The van der Waals surface area contributed by atoms with E-state index >= 15 is 0 Å². The Balaban J connectivity index is 1.99. The molecule has 3 rings (SSSR count). The largest absolute Gasteiger partial charge is 0.396 e. The number of aliphatic hydroxyl groups excluding tert-OH is 1. The number of aromatic nitrogens is 1. The first-order valence-electron chi connectivity index (χ1n) is 7.59. The lowest BCUT2D eigenvalue weighted by Crippen LogP contribution is -2.25. The van der Waals surface area contributed by atoms with E-state index in [-0.39, 0.29) is 18.3 Å². The fourth-order valence-electron chi connectivity index (χ4n) is 2.33. The van der Waals surface area contributed by atoms with Gasteiger partial charge in [0.1, 0.15) is 15.6 Å². The number of anilines is 2. The number of hydrogen-bond donors (Lipinski definition) is 3. The van der Waals surface area contributed by atoms with Crippen LogP contribution in [-0.2, 0) is 0 Å². The highest BCUT2D eigenvalue weighted by Crippen LogP contribution is 2.36. The van der Waals surface area contributed by atoms with Gasteiger partial charge >= 0.3 is 0 Å². The van der Waals surface area contributed by atoms with Crippen molar-refractivity contribution in [2.24, 2.45) is 0 Å². The lowest BCUT2D eigenvalue weighted by molar-refractivity contribution is 0.0954. The number of halogens is 2. The van der Waals surface area contributed by atoms with Crippen LogP contribution in [0.25, 0.3) is 10.2 Å². The molecule has 0 fully saturated rings. The van der Waals surface area contributed by atoms with Crippen LogP contribution in [0.1, 0.15) is 16.8 Å². The number of aliphatic hydroxyl groups is 1. The van der Waals surface area contributed by atoms with Crippen LogP contribution in [0, 0.1) is 9.39 Å². The van der Waals surface area contributed by atoms with Gasteiger partial charge in [-0.25, -0.2) is 9.37 Å². The van der Waals surface area contributed by atoms with E-state index in [1.54, 1.807) is 24.4 Å². The zero-order valence-electron chi connectivity index (χ0n) is 13.1. The van der Waals surface area contributed by atoms with Gasteiger partial charge in [-0.2, -0.15) is 0 Å². The Labute approximate surface area is 161 Å². The summed E-state index contributed by atoms with van der Waals surface area (Å²) in [5.74, 6) is -0.662. The predicted octanol–water partition coefficient (Wildman–Crippen LogP) is 3.90. The van der Waals surface area contributed by atoms with Gasteiger partial charge < -0.3 is 15.7 Å². The summed E-state index contributed by atoms with van der Waals surface area (Å²) in [5.41, 5.74) is 0.736. The molecule has 1 amide bonds. The Morgan fingerprint density at radius 3 is 2.96 bits per heavy atom. The Morgan fingerprint density at radius 2 is 2.20 bits per heavy atom. The second-order valence-corrected chi connectivity index (χ2v) is 7.49. The SMILES string of the molecule is O=C(NCCCO)c1c(Nc2ccc(I)cc2F)sc2ncccc12. The minimum absolute atomic E-state index is 0.00515. The number of rotatable bonds is 6. The molecule has 0 unspecified atom stereocenters. The molecule has 8 heteroatoms. The maximum atomic E-state index is 14.2. The average Bonchev–Trinajstić information content (AvgIpc) is 2.95. The number of carbonyl (C=O) groups excluding carboxylic acids is 1. The maximum Gasteiger partial charge on any atom is 0.254 e. The van der Waals surface area contributed by atoms with Crippen LogP contribution in [-0.4, -0.2) is 29.1 Å². The number of thiophene rings is 1. The number of nitrogens with zero attached hydrogens (tertiary/aromatic N) is 1. The van der Waals surface area contributed by atoms with E-state index in [1.807, 2.05) is 28.7 Å². The van der Waals surface area contributed by atoms with Crippen LogP contribution in [0.15, 0.2) is 36.5 Å². The summed E-state index contributed by atoms with van der Waals surface area (Å²) in [6.45, 7) is 0.370. The molecule has 0 spiro atoms. The molecular formula is C17H15FIN3O2S. The van der Waals surface area contributed by atoms with Gasteiger partial charge in [0.15, 0.2) is 0 Å². The Kier molecular flexibility index (Phi) is 5.82. The molecule has 2 heterocycles. The molecule has 0 saturated carbocycles. The Morgan fingerprint density at radius 1 is 1.36 bits per heavy atom. The van der Waals surface area contributed by atoms with E-state index in [4.69, 9.17) is 5.11 Å². The monoisotopic (exact) mass is 471 g/mol. The van der Waals surface area contributed by atoms with Crippen molar-refractivity contribution in [3.63, 3.8) is 0 Å². The minimum atomic E-state index is -0.385. The van der Waals surface area contributed by atoms with Gasteiger partial charge in [-0.05, 0) is 59.3 Å². The smallest absolute Gasteiger partial charge is 0.254 e. The van der Waals surface area contributed by atoms with Crippen LogP contribution in [0.4, 0.5) is 15.1 Å². The van der Waals surface area contributed by atoms with Crippen molar-refractivity contribution in [3.8, 4) is 0 Å². The number of nitrogens with one attached hydrogen (secondary N) is 2. The Hall–Kier alpha value is -1.78. The third-order valence-electron chi connectivity index (χ3n) is 3.49. The van der Waals surface area contributed by atoms with E-state index in [9.17, 15) is 9.18 Å². The summed E-state index contributed by atoms with van der Waals surface area (Å²) in [6, 6.07) is 8.43. The summed E-state index contributed by atoms with van der Waals surface area (Å²) < 4.78 is 15.0. The number of fused-ring (bicyclic) bond motifs is 1. The van der Waals surface area contributed by atoms with Crippen LogP contribution < -0.4 is 10.6 Å². The number of carbonyl (C=O) groups is 1. The highest BCUT2D eigenvalue weighted by Gasteiger charge is 2.20. The molecular weight excluding hydrogens is 456 g/mol. The summed E-state index contributed by atoms with van der Waals surface area (Å²) >= 11 is 3.34. The maximum absolute atomic E-state index is 14.2. The normalized spacial score (nSPS) is 10.8. The quantitative estimate of drug-likeness (QED) is 0.377. The lowest BCUT2D eigenvalue weighted by atomic mass is 10.2. The van der Waals surface area contributed by atoms with Crippen LogP contribution in [0.3, 0.4) is 0 Å². The van der Waals surface area contributed by atoms with Crippen LogP contribution in [0.2, 0.25) is 0 Å². The molecule has 2 aromatic heterocycles. The van der Waals surface area contributed by atoms with Gasteiger partial charge in [-0.3, -0.25) is 4.79 Å². The molecule has 0 bridgehead atoms. The van der Waals surface area contributed by atoms with Crippen LogP contribution in [0.5, 0.6) is 0 Å². The lowest BCUT2D eigenvalue weighted by Gasteiger charge is -2.09. The van der Waals surface area contributed by atoms with Crippen molar-refractivity contribution in [1.29, 1.82) is 0 Å². The fourth-order valence-corrected chi connectivity index (χ4v) is 3.83. The number of amides is 1. The van der Waals surface area contributed by atoms with Crippen molar-refractivity contribution >= 4 is 60.7 Å². The number of pyridine rings is 1. The van der Waals surface area contributed by atoms with Gasteiger partial charge in [0.25, 0.3) is 5.91 Å². The predicted molar refractivity (Wildman–Crippen MR) is 106 cm³/mol. The fraction of sp³-hybridized carbons (Fsp3) is 0.176. The van der Waals surface area contributed by atoms with Gasteiger partial charge in [-0.1, -0.05) is 11.3 Å². The first kappa shape index (κ1) is 18.0. The van der Waals surface area contributed by atoms with E-state index in [0.29, 0.717) is 39.4 Å².